The summed E-state index contributed by atoms with van der Waals surface area (Å²) in [5.74, 6) is 3.22. The zero-order valence-corrected chi connectivity index (χ0v) is 7.01. The maximum Gasteiger partial charge on any atom is 0.000959 e. The summed E-state index contributed by atoms with van der Waals surface area (Å²) in [6.45, 7) is 5.08. The molecule has 2 aliphatic heterocycles. The van der Waals surface area contributed by atoms with Gasteiger partial charge >= 0.3 is 0 Å². The molecule has 0 aromatic rings. The summed E-state index contributed by atoms with van der Waals surface area (Å²) in [6, 6.07) is 0. The Kier molecular flexibility index (Phi) is 1.48. The first kappa shape index (κ1) is 6.66. The first-order valence-corrected chi connectivity index (χ1v) is 4.49. The third kappa shape index (κ3) is 0.800. The van der Waals surface area contributed by atoms with Crippen molar-refractivity contribution in [1.82, 2.24) is 4.90 Å². The van der Waals surface area contributed by atoms with Gasteiger partial charge in [0.05, 0.1) is 0 Å². The fourth-order valence-corrected chi connectivity index (χ4v) is 2.89. The highest BCUT2D eigenvalue weighted by molar-refractivity contribution is 4.95. The van der Waals surface area contributed by atoms with E-state index < -0.39 is 0 Å². The minimum atomic E-state index is 1.06. The molecule has 2 saturated heterocycles. The highest BCUT2D eigenvalue weighted by Gasteiger charge is 2.43. The first-order valence-electron chi connectivity index (χ1n) is 4.49. The van der Waals surface area contributed by atoms with Gasteiger partial charge in [0.15, 0.2) is 0 Å². The molecule has 2 heterocycles. The summed E-state index contributed by atoms with van der Waals surface area (Å²) in [4.78, 5) is 2.49. The van der Waals surface area contributed by atoms with Crippen LogP contribution in [0.4, 0.5) is 0 Å². The molecule has 1 saturated carbocycles. The third-order valence-electron chi connectivity index (χ3n) is 3.38. The van der Waals surface area contributed by atoms with Gasteiger partial charge in [-0.15, -0.1) is 0 Å². The van der Waals surface area contributed by atoms with Crippen molar-refractivity contribution in [2.24, 2.45) is 17.8 Å². The summed E-state index contributed by atoms with van der Waals surface area (Å²) >= 11 is 0. The van der Waals surface area contributed by atoms with Crippen LogP contribution in [0.15, 0.2) is 0 Å². The van der Waals surface area contributed by atoms with Gasteiger partial charge in [-0.2, -0.15) is 0 Å². The smallest absolute Gasteiger partial charge is 0.000959 e. The van der Waals surface area contributed by atoms with E-state index in [1.165, 1.54) is 25.9 Å². The van der Waals surface area contributed by atoms with E-state index in [0.29, 0.717) is 0 Å². The molecule has 2 bridgehead atoms. The third-order valence-corrected chi connectivity index (χ3v) is 3.38. The van der Waals surface area contributed by atoms with Crippen molar-refractivity contribution in [3.05, 3.63) is 0 Å². The van der Waals surface area contributed by atoms with Gasteiger partial charge in [-0.25, -0.2) is 0 Å². The Hall–Kier alpha value is -0.0400. The Labute approximate surface area is 63.4 Å². The zero-order chi connectivity index (χ0) is 7.14. The van der Waals surface area contributed by atoms with Crippen LogP contribution in [0.2, 0.25) is 0 Å². The molecule has 1 heteroatoms. The van der Waals surface area contributed by atoms with Crippen LogP contribution in [0.25, 0.3) is 0 Å². The maximum atomic E-state index is 2.49. The van der Waals surface area contributed by atoms with E-state index >= 15 is 0 Å². The van der Waals surface area contributed by atoms with Crippen LogP contribution < -0.4 is 0 Å². The zero-order valence-electron chi connectivity index (χ0n) is 7.01. The first-order chi connectivity index (χ1) is 4.81. The van der Waals surface area contributed by atoms with Crippen molar-refractivity contribution in [3.63, 3.8) is 0 Å². The Bertz CT molecular complexity index is 121. The lowest BCUT2D eigenvalue weighted by molar-refractivity contribution is -0.0337. The molecular formula is C9H17N. The number of hydrogen-bond donors (Lipinski definition) is 0. The van der Waals surface area contributed by atoms with Crippen molar-refractivity contribution in [1.29, 1.82) is 0 Å². The molecule has 1 nitrogen and oxygen atoms in total. The lowest BCUT2D eigenvalue weighted by Gasteiger charge is -2.52. The van der Waals surface area contributed by atoms with Gasteiger partial charge in [0, 0.05) is 13.1 Å². The highest BCUT2D eigenvalue weighted by atomic mass is 15.1. The van der Waals surface area contributed by atoms with Crippen molar-refractivity contribution in [2.45, 2.75) is 19.8 Å². The number of fused-ring (bicyclic) bond motifs is 2. The van der Waals surface area contributed by atoms with Gasteiger partial charge in [0.2, 0.25) is 0 Å². The van der Waals surface area contributed by atoms with Crippen LogP contribution in [0, 0.1) is 17.8 Å². The van der Waals surface area contributed by atoms with E-state index in [1.807, 2.05) is 0 Å². The molecule has 0 N–H and O–H groups in total. The van der Waals surface area contributed by atoms with E-state index in [-0.39, 0.29) is 0 Å². The van der Waals surface area contributed by atoms with E-state index in [0.717, 1.165) is 17.8 Å². The molecule has 1 aliphatic carbocycles. The van der Waals surface area contributed by atoms with Crippen LogP contribution in [-0.4, -0.2) is 25.0 Å². The largest absolute Gasteiger partial charge is 0.306 e. The van der Waals surface area contributed by atoms with E-state index in [9.17, 15) is 0 Å². The molecule has 0 spiro atoms. The fourth-order valence-electron chi connectivity index (χ4n) is 2.89. The summed E-state index contributed by atoms with van der Waals surface area (Å²) in [5, 5.41) is 0. The van der Waals surface area contributed by atoms with Crippen molar-refractivity contribution in [3.8, 4) is 0 Å². The van der Waals surface area contributed by atoms with Crippen LogP contribution in [0.1, 0.15) is 19.8 Å². The minimum Gasteiger partial charge on any atom is -0.306 e. The van der Waals surface area contributed by atoms with Crippen LogP contribution in [0.3, 0.4) is 0 Å². The molecule has 2 atom stereocenters. The lowest BCUT2D eigenvalue weighted by atomic mass is 9.61. The molecule has 10 heavy (non-hydrogen) atoms. The van der Waals surface area contributed by atoms with Crippen molar-refractivity contribution in [2.75, 3.05) is 20.1 Å². The standard InChI is InChI=1S/C9H17N/c1-3-9-7-4-8(9)6-10(2)5-7/h7-9H,3-6H2,1-2H3. The van der Waals surface area contributed by atoms with E-state index in [2.05, 4.69) is 18.9 Å². The Morgan fingerprint density at radius 2 is 1.90 bits per heavy atom. The molecule has 0 aromatic carbocycles. The second-order valence-corrected chi connectivity index (χ2v) is 4.05. The predicted molar refractivity (Wildman–Crippen MR) is 42.9 cm³/mol. The lowest BCUT2D eigenvalue weighted by Crippen LogP contribution is -2.53. The Balaban J connectivity index is 1.96. The molecule has 3 fully saturated rings. The van der Waals surface area contributed by atoms with E-state index in [1.54, 1.807) is 0 Å². The summed E-state index contributed by atoms with van der Waals surface area (Å²) < 4.78 is 0. The Morgan fingerprint density at radius 3 is 2.40 bits per heavy atom. The minimum absolute atomic E-state index is 1.06. The van der Waals surface area contributed by atoms with Gasteiger partial charge in [0.1, 0.15) is 0 Å². The molecule has 0 amide bonds. The quantitative estimate of drug-likeness (QED) is 0.533. The molecule has 0 aromatic heterocycles. The highest BCUT2D eigenvalue weighted by Crippen LogP contribution is 2.46. The Morgan fingerprint density at radius 1 is 1.30 bits per heavy atom. The number of rotatable bonds is 1. The number of piperidine rings is 2. The van der Waals surface area contributed by atoms with Gasteiger partial charge in [0.25, 0.3) is 0 Å². The second-order valence-electron chi connectivity index (χ2n) is 4.05. The van der Waals surface area contributed by atoms with Gasteiger partial charge in [-0.1, -0.05) is 13.3 Å². The van der Waals surface area contributed by atoms with Crippen molar-refractivity contribution >= 4 is 0 Å². The second kappa shape index (κ2) is 2.23. The van der Waals surface area contributed by atoms with Crippen LogP contribution in [0.5, 0.6) is 0 Å². The normalized spacial score (nSPS) is 46.8. The number of nitrogens with zero attached hydrogens (tertiary/aromatic N) is 1. The average Bonchev–Trinajstić information content (AvgIpc) is 1.87. The SMILES string of the molecule is CCC1C2CC1CN(C)C2. The van der Waals surface area contributed by atoms with Gasteiger partial charge in [-0.3, -0.25) is 0 Å². The molecule has 2 unspecified atom stereocenters. The molecule has 3 rings (SSSR count). The number of hydrogen-bond acceptors (Lipinski definition) is 1. The maximum absolute atomic E-state index is 2.49. The van der Waals surface area contributed by atoms with Crippen molar-refractivity contribution < 1.29 is 0 Å². The molecule has 0 radical (unpaired) electrons. The summed E-state index contributed by atoms with van der Waals surface area (Å²) in [6.07, 6.45) is 2.95. The van der Waals surface area contributed by atoms with E-state index in [4.69, 9.17) is 0 Å². The molecule has 3 aliphatic rings. The monoisotopic (exact) mass is 139 g/mol. The predicted octanol–water partition coefficient (Wildman–Crippen LogP) is 1.59. The molecular weight excluding hydrogens is 122 g/mol. The summed E-state index contributed by atoms with van der Waals surface area (Å²) in [7, 11) is 2.26. The average molecular weight is 139 g/mol. The topological polar surface area (TPSA) is 3.24 Å². The van der Waals surface area contributed by atoms with Crippen LogP contribution >= 0.6 is 0 Å². The van der Waals surface area contributed by atoms with Gasteiger partial charge in [-0.05, 0) is 31.2 Å². The van der Waals surface area contributed by atoms with Gasteiger partial charge < -0.3 is 4.90 Å². The molecule has 58 valence electrons. The summed E-state index contributed by atoms with van der Waals surface area (Å²) in [5.41, 5.74) is 0. The fraction of sp³-hybridized carbons (Fsp3) is 1.00. The van der Waals surface area contributed by atoms with Crippen LogP contribution in [-0.2, 0) is 0 Å².